The summed E-state index contributed by atoms with van der Waals surface area (Å²) in [5.41, 5.74) is 0.939. The first-order chi connectivity index (χ1) is 18.6. The Bertz CT molecular complexity index is 1650. The average Bonchev–Trinajstić information content (AvgIpc) is 2.93. The minimum atomic E-state index is -4.10. The van der Waals surface area contributed by atoms with Gasteiger partial charge in [0.2, 0.25) is 5.91 Å². The number of nitrogens with zero attached hydrogens (tertiary/aromatic N) is 1. The molecule has 4 rings (SSSR count). The summed E-state index contributed by atoms with van der Waals surface area (Å²) in [7, 11) is -6.51. The van der Waals surface area contributed by atoms with E-state index in [9.17, 15) is 21.6 Å². The summed E-state index contributed by atoms with van der Waals surface area (Å²) in [6, 6.07) is 25.8. The lowest BCUT2D eigenvalue weighted by Crippen LogP contribution is -2.38. The monoisotopic (exact) mass is 585 g/mol. The second-order valence-electron chi connectivity index (χ2n) is 8.21. The molecule has 12 heteroatoms. The molecule has 4 aromatic carbocycles. The van der Waals surface area contributed by atoms with Gasteiger partial charge in [-0.15, -0.1) is 0 Å². The van der Waals surface area contributed by atoms with Crippen molar-refractivity contribution >= 4 is 54.6 Å². The number of methoxy groups -OCH3 is 1. The highest BCUT2D eigenvalue weighted by atomic mass is 35.5. The van der Waals surface area contributed by atoms with E-state index in [1.807, 2.05) is 0 Å². The Morgan fingerprint density at radius 1 is 0.769 bits per heavy atom. The number of hydrogen-bond donors (Lipinski definition) is 2. The Balaban J connectivity index is 1.51. The maximum absolute atomic E-state index is 13.5. The summed E-state index contributed by atoms with van der Waals surface area (Å²) in [5.74, 6) is -0.127. The molecule has 0 fully saturated rings. The van der Waals surface area contributed by atoms with Crippen LogP contribution in [0.2, 0.25) is 5.02 Å². The number of carbonyl (C=O) groups is 1. The molecule has 0 spiro atoms. The van der Waals surface area contributed by atoms with E-state index in [1.165, 1.54) is 67.8 Å². The Morgan fingerprint density at radius 2 is 1.33 bits per heavy atom. The molecule has 4 aromatic rings. The van der Waals surface area contributed by atoms with E-state index < -0.39 is 32.5 Å². The molecule has 9 nitrogen and oxygen atoms in total. The summed E-state index contributed by atoms with van der Waals surface area (Å²) in [4.78, 5) is 12.9. The van der Waals surface area contributed by atoms with E-state index in [0.29, 0.717) is 27.8 Å². The number of sulfonamides is 2. The molecule has 0 aliphatic rings. The zero-order valence-corrected chi connectivity index (χ0v) is 23.0. The van der Waals surface area contributed by atoms with Gasteiger partial charge in [0.1, 0.15) is 12.3 Å². The first-order valence-electron chi connectivity index (χ1n) is 11.5. The van der Waals surface area contributed by atoms with Gasteiger partial charge in [0.05, 0.1) is 22.6 Å². The van der Waals surface area contributed by atoms with Gasteiger partial charge in [-0.3, -0.25) is 13.8 Å². The summed E-state index contributed by atoms with van der Waals surface area (Å²) in [6.07, 6.45) is 0. The van der Waals surface area contributed by atoms with Crippen LogP contribution in [-0.4, -0.2) is 36.4 Å². The molecule has 0 aromatic heterocycles. The number of rotatable bonds is 10. The fraction of sp³-hybridized carbons (Fsp3) is 0.0741. The van der Waals surface area contributed by atoms with Crippen molar-refractivity contribution < 1.29 is 26.4 Å². The summed E-state index contributed by atoms with van der Waals surface area (Å²) >= 11 is 5.84. The molecule has 0 aliphatic carbocycles. The second kappa shape index (κ2) is 11.8. The lowest BCUT2D eigenvalue weighted by atomic mass is 10.3. The number of amides is 1. The van der Waals surface area contributed by atoms with Crippen molar-refractivity contribution in [3.8, 4) is 5.75 Å². The van der Waals surface area contributed by atoms with E-state index in [0.717, 1.165) is 4.31 Å². The molecule has 202 valence electrons. The van der Waals surface area contributed by atoms with Gasteiger partial charge in [0.15, 0.2) is 0 Å². The highest BCUT2D eigenvalue weighted by Crippen LogP contribution is 2.25. The van der Waals surface area contributed by atoms with Gasteiger partial charge in [0, 0.05) is 16.4 Å². The lowest BCUT2D eigenvalue weighted by Gasteiger charge is -2.24. The molecule has 0 aliphatic heterocycles. The van der Waals surface area contributed by atoms with E-state index in [-0.39, 0.29) is 9.79 Å². The van der Waals surface area contributed by atoms with Crippen LogP contribution in [0, 0.1) is 0 Å². The minimum Gasteiger partial charge on any atom is -0.497 e. The predicted octanol–water partition coefficient (Wildman–Crippen LogP) is 4.98. The van der Waals surface area contributed by atoms with Crippen LogP contribution in [0.25, 0.3) is 0 Å². The molecule has 1 amide bonds. The molecule has 39 heavy (non-hydrogen) atoms. The third-order valence-corrected chi connectivity index (χ3v) is 8.96. The number of carbonyl (C=O) groups excluding carboxylic acids is 1. The number of ether oxygens (including phenoxy) is 1. The van der Waals surface area contributed by atoms with Crippen LogP contribution >= 0.6 is 11.6 Å². The largest absolute Gasteiger partial charge is 0.497 e. The van der Waals surface area contributed by atoms with Crippen LogP contribution in [0.5, 0.6) is 5.75 Å². The standard InChI is InChI=1S/C27H24ClN3O6S2/c1-37-24-13-17-26(18-14-24)39(35,36)31(23-5-3-2-4-6-23)19-27(32)29-21-11-15-25(16-12-21)38(33,34)30-22-9-7-20(28)8-10-22/h2-18,30H,19H2,1H3,(H,29,32). The van der Waals surface area contributed by atoms with Crippen molar-refractivity contribution in [3.63, 3.8) is 0 Å². The summed E-state index contributed by atoms with van der Waals surface area (Å²) in [5, 5.41) is 3.10. The van der Waals surface area contributed by atoms with Gasteiger partial charge < -0.3 is 10.1 Å². The quantitative estimate of drug-likeness (QED) is 0.271. The lowest BCUT2D eigenvalue weighted by molar-refractivity contribution is -0.114. The molecular formula is C27H24ClN3O6S2. The molecular weight excluding hydrogens is 562 g/mol. The third kappa shape index (κ3) is 6.88. The summed E-state index contributed by atoms with van der Waals surface area (Å²) < 4.78 is 60.9. The molecule has 0 bridgehead atoms. The predicted molar refractivity (Wildman–Crippen MR) is 151 cm³/mol. The Morgan fingerprint density at radius 3 is 1.92 bits per heavy atom. The zero-order valence-electron chi connectivity index (χ0n) is 20.6. The maximum atomic E-state index is 13.5. The smallest absolute Gasteiger partial charge is 0.264 e. The number of hydrogen-bond acceptors (Lipinski definition) is 6. The van der Waals surface area contributed by atoms with Gasteiger partial charge in [-0.2, -0.15) is 0 Å². The molecule has 0 saturated heterocycles. The van der Waals surface area contributed by atoms with Crippen LogP contribution in [-0.2, 0) is 24.8 Å². The highest BCUT2D eigenvalue weighted by Gasteiger charge is 2.27. The number of benzene rings is 4. The van der Waals surface area contributed by atoms with Crippen LogP contribution in [0.1, 0.15) is 0 Å². The van der Waals surface area contributed by atoms with Crippen LogP contribution in [0.3, 0.4) is 0 Å². The van der Waals surface area contributed by atoms with Gasteiger partial charge in [-0.25, -0.2) is 16.8 Å². The number of para-hydroxylation sites is 1. The van der Waals surface area contributed by atoms with Gasteiger partial charge in [-0.1, -0.05) is 29.8 Å². The first-order valence-corrected chi connectivity index (χ1v) is 14.8. The Hall–Kier alpha value is -4.06. The van der Waals surface area contributed by atoms with Crippen molar-refractivity contribution in [1.82, 2.24) is 0 Å². The average molecular weight is 586 g/mol. The number of anilines is 3. The number of nitrogens with one attached hydrogen (secondary N) is 2. The van der Waals surface area contributed by atoms with Crippen molar-refractivity contribution in [2.75, 3.05) is 28.0 Å². The van der Waals surface area contributed by atoms with Crippen LogP contribution < -0.4 is 19.1 Å². The van der Waals surface area contributed by atoms with Crippen molar-refractivity contribution in [1.29, 1.82) is 0 Å². The second-order valence-corrected chi connectivity index (χ2v) is 12.2. The van der Waals surface area contributed by atoms with Gasteiger partial charge in [0.25, 0.3) is 20.0 Å². The molecule has 2 N–H and O–H groups in total. The van der Waals surface area contributed by atoms with Crippen LogP contribution in [0.4, 0.5) is 17.1 Å². The van der Waals surface area contributed by atoms with Crippen molar-refractivity contribution in [2.45, 2.75) is 9.79 Å². The number of halogens is 1. The Kier molecular flexibility index (Phi) is 8.44. The molecule has 0 saturated carbocycles. The first kappa shape index (κ1) is 28.0. The molecule has 0 heterocycles. The SMILES string of the molecule is COc1ccc(S(=O)(=O)N(CC(=O)Nc2ccc(S(=O)(=O)Nc3ccc(Cl)cc3)cc2)c2ccccc2)cc1. The zero-order chi connectivity index (χ0) is 28.0. The van der Waals surface area contributed by atoms with Crippen LogP contribution in [0.15, 0.2) is 113 Å². The molecule has 0 atom stereocenters. The Labute approximate surface area is 232 Å². The molecule has 0 radical (unpaired) electrons. The normalized spacial score (nSPS) is 11.4. The maximum Gasteiger partial charge on any atom is 0.264 e. The summed E-state index contributed by atoms with van der Waals surface area (Å²) in [6.45, 7) is -0.517. The fourth-order valence-corrected chi connectivity index (χ4v) is 6.17. The van der Waals surface area contributed by atoms with E-state index in [2.05, 4.69) is 10.0 Å². The highest BCUT2D eigenvalue weighted by molar-refractivity contribution is 7.93. The third-order valence-electron chi connectivity index (χ3n) is 5.52. The minimum absolute atomic E-state index is 0.0114. The fourth-order valence-electron chi connectivity index (χ4n) is 3.56. The van der Waals surface area contributed by atoms with Gasteiger partial charge >= 0.3 is 0 Å². The topological polar surface area (TPSA) is 122 Å². The van der Waals surface area contributed by atoms with E-state index in [4.69, 9.17) is 16.3 Å². The van der Waals surface area contributed by atoms with Gasteiger partial charge in [-0.05, 0) is 84.9 Å². The van der Waals surface area contributed by atoms with E-state index >= 15 is 0 Å². The van der Waals surface area contributed by atoms with Crippen molar-refractivity contribution in [2.24, 2.45) is 0 Å². The van der Waals surface area contributed by atoms with E-state index in [1.54, 1.807) is 42.5 Å². The van der Waals surface area contributed by atoms with Crippen molar-refractivity contribution in [3.05, 3.63) is 108 Å². The molecule has 0 unspecified atom stereocenters.